The molecule has 2 aromatic carbocycles. The molecule has 0 bridgehead atoms. The Hall–Kier alpha value is -2.27. The lowest BCUT2D eigenvalue weighted by molar-refractivity contribution is 0.411. The van der Waals surface area contributed by atoms with E-state index in [-0.39, 0.29) is 16.5 Å². The fourth-order valence-electron chi connectivity index (χ4n) is 1.99. The Morgan fingerprint density at radius 1 is 1.05 bits per heavy atom. The highest BCUT2D eigenvalue weighted by Crippen LogP contribution is 2.28. The molecule has 0 saturated heterocycles. The number of fused-ring (bicyclic) bond motifs is 1. The van der Waals surface area contributed by atoms with E-state index in [1.807, 2.05) is 0 Å². The number of hydrogen-bond donors (Lipinski definition) is 0. The molecule has 3 nitrogen and oxygen atoms in total. The Kier molecular flexibility index (Phi) is 3.43. The minimum Gasteiger partial charge on any atom is -0.497 e. The van der Waals surface area contributed by atoms with E-state index in [4.69, 9.17) is 16.3 Å². The number of benzene rings is 2. The van der Waals surface area contributed by atoms with Crippen LogP contribution >= 0.6 is 11.6 Å². The van der Waals surface area contributed by atoms with Gasteiger partial charge >= 0.3 is 0 Å². The fourth-order valence-corrected chi connectivity index (χ4v) is 2.22. The molecule has 0 radical (unpaired) electrons. The second-order valence-corrected chi connectivity index (χ2v) is 4.70. The Balaban J connectivity index is 2.19. The average molecular weight is 307 g/mol. The first-order valence-electron chi connectivity index (χ1n) is 6.05. The summed E-state index contributed by atoms with van der Waals surface area (Å²) in [5.74, 6) is -0.423. The topological polar surface area (TPSA) is 35.0 Å². The molecule has 0 fully saturated rings. The van der Waals surface area contributed by atoms with Gasteiger partial charge in [-0.05, 0) is 30.3 Å². The molecular weight excluding hydrogens is 298 g/mol. The van der Waals surface area contributed by atoms with Crippen LogP contribution in [0.2, 0.25) is 5.15 Å². The number of halogens is 3. The van der Waals surface area contributed by atoms with Gasteiger partial charge in [0.1, 0.15) is 22.5 Å². The summed E-state index contributed by atoms with van der Waals surface area (Å²) in [5.41, 5.74) is 0.644. The quantitative estimate of drug-likeness (QED) is 0.664. The minimum absolute atomic E-state index is 0.0738. The molecule has 0 aliphatic rings. The molecular formula is C15H9ClF2N2O. The van der Waals surface area contributed by atoms with E-state index in [1.165, 1.54) is 37.4 Å². The van der Waals surface area contributed by atoms with Crippen molar-refractivity contribution >= 4 is 22.5 Å². The second-order valence-electron chi connectivity index (χ2n) is 4.35. The van der Waals surface area contributed by atoms with E-state index in [9.17, 15) is 8.78 Å². The third-order valence-corrected chi connectivity index (χ3v) is 3.32. The van der Waals surface area contributed by atoms with Crippen LogP contribution in [0.25, 0.3) is 22.3 Å². The largest absolute Gasteiger partial charge is 0.497 e. The predicted molar refractivity (Wildman–Crippen MR) is 76.5 cm³/mol. The van der Waals surface area contributed by atoms with Crippen LogP contribution in [-0.2, 0) is 0 Å². The Morgan fingerprint density at radius 3 is 2.57 bits per heavy atom. The van der Waals surface area contributed by atoms with Crippen molar-refractivity contribution in [1.82, 2.24) is 9.97 Å². The van der Waals surface area contributed by atoms with Crippen LogP contribution in [0.15, 0.2) is 36.4 Å². The second kappa shape index (κ2) is 5.26. The predicted octanol–water partition coefficient (Wildman–Crippen LogP) is 4.24. The molecule has 3 aromatic rings. The van der Waals surface area contributed by atoms with Gasteiger partial charge in [0.2, 0.25) is 0 Å². The molecule has 0 N–H and O–H groups in total. The fraction of sp³-hybridized carbons (Fsp3) is 0.0667. The lowest BCUT2D eigenvalue weighted by Crippen LogP contribution is -1.95. The maximum Gasteiger partial charge on any atom is 0.164 e. The van der Waals surface area contributed by atoms with E-state index < -0.39 is 11.6 Å². The van der Waals surface area contributed by atoms with Gasteiger partial charge in [0, 0.05) is 11.5 Å². The van der Waals surface area contributed by atoms with Crippen LogP contribution in [0.1, 0.15) is 0 Å². The summed E-state index contributed by atoms with van der Waals surface area (Å²) in [4.78, 5) is 8.26. The molecule has 0 spiro atoms. The summed E-state index contributed by atoms with van der Waals surface area (Å²) >= 11 is 6.03. The summed E-state index contributed by atoms with van der Waals surface area (Å²) in [5, 5.41) is 0.457. The first-order valence-corrected chi connectivity index (χ1v) is 6.43. The molecule has 21 heavy (non-hydrogen) atoms. The van der Waals surface area contributed by atoms with Crippen LogP contribution in [-0.4, -0.2) is 17.1 Å². The smallest absolute Gasteiger partial charge is 0.164 e. The Labute approximate surface area is 124 Å². The lowest BCUT2D eigenvalue weighted by atomic mass is 10.1. The van der Waals surface area contributed by atoms with Crippen LogP contribution in [0, 0.1) is 11.6 Å². The van der Waals surface area contributed by atoms with Crippen LogP contribution < -0.4 is 4.74 Å². The average Bonchev–Trinajstić information content (AvgIpc) is 2.47. The number of nitrogens with zero attached hydrogens (tertiary/aromatic N) is 2. The minimum atomic E-state index is -0.521. The third kappa shape index (κ3) is 2.52. The number of hydrogen-bond acceptors (Lipinski definition) is 3. The summed E-state index contributed by atoms with van der Waals surface area (Å²) in [6, 6.07) is 8.33. The first kappa shape index (κ1) is 13.7. The van der Waals surface area contributed by atoms with Gasteiger partial charge in [-0.2, -0.15) is 0 Å². The monoisotopic (exact) mass is 306 g/mol. The van der Waals surface area contributed by atoms with Gasteiger partial charge < -0.3 is 4.74 Å². The SMILES string of the molecule is COc1ccc(-c2nc(Cl)c3cc(F)ccc3n2)c(F)c1. The summed E-state index contributed by atoms with van der Waals surface area (Å²) < 4.78 is 32.2. The highest BCUT2D eigenvalue weighted by atomic mass is 35.5. The molecule has 106 valence electrons. The number of ether oxygens (including phenoxy) is 1. The summed E-state index contributed by atoms with van der Waals surface area (Å²) in [6.07, 6.45) is 0. The molecule has 0 amide bonds. The van der Waals surface area contributed by atoms with Gasteiger partial charge in [-0.3, -0.25) is 0 Å². The van der Waals surface area contributed by atoms with E-state index in [1.54, 1.807) is 6.07 Å². The van der Waals surface area contributed by atoms with Gasteiger partial charge in [-0.1, -0.05) is 11.6 Å². The van der Waals surface area contributed by atoms with Crippen molar-refractivity contribution in [1.29, 1.82) is 0 Å². The zero-order chi connectivity index (χ0) is 15.0. The zero-order valence-electron chi connectivity index (χ0n) is 10.9. The third-order valence-electron chi connectivity index (χ3n) is 3.03. The highest BCUT2D eigenvalue weighted by Gasteiger charge is 2.13. The van der Waals surface area contributed by atoms with Gasteiger partial charge in [-0.25, -0.2) is 18.7 Å². The number of aromatic nitrogens is 2. The van der Waals surface area contributed by atoms with Crippen LogP contribution in [0.5, 0.6) is 5.75 Å². The first-order chi connectivity index (χ1) is 10.1. The maximum atomic E-state index is 14.1. The van der Waals surface area contributed by atoms with Gasteiger partial charge in [-0.15, -0.1) is 0 Å². The van der Waals surface area contributed by atoms with E-state index in [0.717, 1.165) is 0 Å². The van der Waals surface area contributed by atoms with Gasteiger partial charge in [0.25, 0.3) is 0 Å². The molecule has 0 unspecified atom stereocenters. The van der Waals surface area contributed by atoms with E-state index in [0.29, 0.717) is 16.7 Å². The van der Waals surface area contributed by atoms with Crippen molar-refractivity contribution in [2.75, 3.05) is 7.11 Å². The molecule has 1 heterocycles. The molecule has 6 heteroatoms. The van der Waals surface area contributed by atoms with Crippen molar-refractivity contribution in [2.45, 2.75) is 0 Å². The molecule has 0 saturated carbocycles. The molecule has 0 atom stereocenters. The van der Waals surface area contributed by atoms with E-state index in [2.05, 4.69) is 9.97 Å². The van der Waals surface area contributed by atoms with Crippen molar-refractivity contribution in [3.63, 3.8) is 0 Å². The lowest BCUT2D eigenvalue weighted by Gasteiger charge is -2.07. The highest BCUT2D eigenvalue weighted by molar-refractivity contribution is 6.34. The van der Waals surface area contributed by atoms with E-state index >= 15 is 0 Å². The molecule has 1 aromatic heterocycles. The maximum absolute atomic E-state index is 14.1. The molecule has 0 aliphatic carbocycles. The Bertz CT molecular complexity index is 839. The van der Waals surface area contributed by atoms with Crippen molar-refractivity contribution in [3.05, 3.63) is 53.2 Å². The van der Waals surface area contributed by atoms with Gasteiger partial charge in [0.15, 0.2) is 5.82 Å². The van der Waals surface area contributed by atoms with Gasteiger partial charge in [0.05, 0.1) is 18.2 Å². The summed E-state index contributed by atoms with van der Waals surface area (Å²) in [6.45, 7) is 0. The van der Waals surface area contributed by atoms with Crippen LogP contribution in [0.4, 0.5) is 8.78 Å². The number of methoxy groups -OCH3 is 1. The normalized spacial score (nSPS) is 10.9. The Morgan fingerprint density at radius 2 is 1.86 bits per heavy atom. The number of rotatable bonds is 2. The standard InChI is InChI=1S/C15H9ClF2N2O/c1-21-9-3-4-10(12(18)7-9)15-19-13-5-2-8(17)6-11(13)14(16)20-15/h2-7H,1H3. The van der Waals surface area contributed by atoms with Crippen molar-refractivity contribution in [3.8, 4) is 17.1 Å². The summed E-state index contributed by atoms with van der Waals surface area (Å²) in [7, 11) is 1.45. The zero-order valence-corrected chi connectivity index (χ0v) is 11.7. The van der Waals surface area contributed by atoms with Crippen LogP contribution in [0.3, 0.4) is 0 Å². The van der Waals surface area contributed by atoms with Crippen molar-refractivity contribution in [2.24, 2.45) is 0 Å². The van der Waals surface area contributed by atoms with Crippen molar-refractivity contribution < 1.29 is 13.5 Å². The molecule has 0 aliphatic heterocycles. The molecule has 3 rings (SSSR count).